The van der Waals surface area contributed by atoms with Gasteiger partial charge in [0.15, 0.2) is 11.4 Å². The van der Waals surface area contributed by atoms with Crippen molar-refractivity contribution in [2.45, 2.75) is 31.4 Å². The van der Waals surface area contributed by atoms with Crippen LogP contribution in [0.3, 0.4) is 0 Å². The van der Waals surface area contributed by atoms with Gasteiger partial charge in [-0.3, -0.25) is 14.4 Å². The fourth-order valence-electron chi connectivity index (χ4n) is 5.97. The van der Waals surface area contributed by atoms with Crippen LogP contribution in [0.5, 0.6) is 5.75 Å². The van der Waals surface area contributed by atoms with E-state index in [-0.39, 0.29) is 36.1 Å². The standard InChI is InChI=1S/C29H26N2O7/c1-2-9-31-13-14-3-5-15(6-4-14)18-7-8-20(32)23-19(18)11-16-10-17-12-21(33)24(28(30)37)27(36)29(17,38)26(35)22(16)25(23)34/h1,3-8,16-17,31-32,34,36,38H,9-13H2,(H2,30,37)/t16-,17+,29+/m1/s1. The van der Waals surface area contributed by atoms with Crippen LogP contribution < -0.4 is 11.1 Å². The highest BCUT2D eigenvalue weighted by atomic mass is 16.3. The van der Waals surface area contributed by atoms with Gasteiger partial charge in [0, 0.05) is 24.5 Å². The number of nitrogens with one attached hydrogen (secondary N) is 1. The van der Waals surface area contributed by atoms with Crippen LogP contribution >= 0.6 is 0 Å². The van der Waals surface area contributed by atoms with Crippen LogP contribution in [0.4, 0.5) is 0 Å². The smallest absolute Gasteiger partial charge is 0.255 e. The number of Topliss-reactive ketones (excluding diaryl/α,β-unsaturated/α-hetero) is 2. The minimum absolute atomic E-state index is 0.0643. The molecule has 194 valence electrons. The SMILES string of the molecule is C#CCNCc1ccc(-c2ccc(O)c3c2C[C@H]2C[C@H]4CC(=O)C(C(N)=O)=C(O)[C@@]4(O)C(=O)C2=C3O)cc1. The third-order valence-electron chi connectivity index (χ3n) is 7.77. The Labute approximate surface area is 218 Å². The summed E-state index contributed by atoms with van der Waals surface area (Å²) in [6.07, 6.45) is 5.23. The van der Waals surface area contributed by atoms with E-state index in [1.807, 2.05) is 24.3 Å². The molecule has 1 saturated carbocycles. The Hall–Kier alpha value is -4.39. The molecule has 3 aliphatic carbocycles. The predicted octanol–water partition coefficient (Wildman–Crippen LogP) is 1.81. The number of amides is 1. The first kappa shape index (κ1) is 25.3. The van der Waals surface area contributed by atoms with Gasteiger partial charge in [-0.1, -0.05) is 36.3 Å². The molecule has 38 heavy (non-hydrogen) atoms. The van der Waals surface area contributed by atoms with Gasteiger partial charge in [0.05, 0.1) is 12.1 Å². The summed E-state index contributed by atoms with van der Waals surface area (Å²) in [5.74, 6) is -3.94. The first-order valence-corrected chi connectivity index (χ1v) is 12.1. The van der Waals surface area contributed by atoms with Crippen molar-refractivity contribution in [3.8, 4) is 29.2 Å². The number of nitrogens with two attached hydrogens (primary N) is 1. The second-order valence-electron chi connectivity index (χ2n) is 9.90. The van der Waals surface area contributed by atoms with E-state index in [1.165, 1.54) is 6.07 Å². The average molecular weight is 515 g/mol. The Kier molecular flexibility index (Phi) is 6.10. The summed E-state index contributed by atoms with van der Waals surface area (Å²) in [4.78, 5) is 37.9. The number of phenols is 1. The summed E-state index contributed by atoms with van der Waals surface area (Å²) >= 11 is 0. The molecule has 2 aromatic carbocycles. The molecule has 0 radical (unpaired) electrons. The molecule has 7 N–H and O–H groups in total. The maximum absolute atomic E-state index is 13.6. The number of benzene rings is 2. The third-order valence-corrected chi connectivity index (χ3v) is 7.77. The van der Waals surface area contributed by atoms with Crippen LogP contribution in [0.2, 0.25) is 0 Å². The average Bonchev–Trinajstić information content (AvgIpc) is 2.87. The molecule has 1 fully saturated rings. The van der Waals surface area contributed by atoms with Gasteiger partial charge in [-0.05, 0) is 47.1 Å². The molecule has 9 heteroatoms. The van der Waals surface area contributed by atoms with Crippen molar-refractivity contribution in [1.29, 1.82) is 0 Å². The minimum atomic E-state index is -2.58. The third kappa shape index (κ3) is 3.69. The normalized spacial score (nSPS) is 24.4. The number of aromatic hydroxyl groups is 1. The molecule has 2 aromatic rings. The predicted molar refractivity (Wildman–Crippen MR) is 137 cm³/mol. The van der Waals surface area contributed by atoms with Crippen molar-refractivity contribution in [2.24, 2.45) is 17.6 Å². The van der Waals surface area contributed by atoms with Gasteiger partial charge in [-0.2, -0.15) is 0 Å². The highest BCUT2D eigenvalue weighted by molar-refractivity contribution is 6.22. The molecule has 0 aliphatic heterocycles. The van der Waals surface area contributed by atoms with E-state index in [0.717, 1.165) is 16.7 Å². The molecule has 0 saturated heterocycles. The second-order valence-corrected chi connectivity index (χ2v) is 9.90. The molecule has 0 unspecified atom stereocenters. The van der Waals surface area contributed by atoms with E-state index in [2.05, 4.69) is 11.2 Å². The van der Waals surface area contributed by atoms with Crippen molar-refractivity contribution in [1.82, 2.24) is 5.32 Å². The maximum atomic E-state index is 13.6. The molecule has 9 nitrogen and oxygen atoms in total. The topological polar surface area (TPSA) is 170 Å². The van der Waals surface area contributed by atoms with E-state index >= 15 is 0 Å². The quantitative estimate of drug-likeness (QED) is 0.199. The van der Waals surface area contributed by atoms with Crippen LogP contribution in [0.15, 0.2) is 53.3 Å². The van der Waals surface area contributed by atoms with Gasteiger partial charge in [0.1, 0.15) is 22.8 Å². The van der Waals surface area contributed by atoms with Gasteiger partial charge in [0.25, 0.3) is 5.91 Å². The van der Waals surface area contributed by atoms with Crippen molar-refractivity contribution in [3.05, 3.63) is 70.0 Å². The molecule has 0 bridgehead atoms. The Morgan fingerprint density at radius 1 is 1.11 bits per heavy atom. The molecule has 1 amide bonds. The number of carbonyl (C=O) groups is 3. The van der Waals surface area contributed by atoms with Crippen LogP contribution in [0.25, 0.3) is 16.9 Å². The number of rotatable bonds is 5. The van der Waals surface area contributed by atoms with E-state index < -0.39 is 52.0 Å². The Morgan fingerprint density at radius 3 is 2.47 bits per heavy atom. The fraction of sp³-hybridized carbons (Fsp3) is 0.276. The number of terminal acetylenes is 1. The van der Waals surface area contributed by atoms with Gasteiger partial charge in [0.2, 0.25) is 5.78 Å². The summed E-state index contributed by atoms with van der Waals surface area (Å²) in [5, 5.41) is 47.1. The van der Waals surface area contributed by atoms with Gasteiger partial charge >= 0.3 is 0 Å². The number of aliphatic hydroxyl groups is 3. The summed E-state index contributed by atoms with van der Waals surface area (Å²) in [5.41, 5.74) is 4.95. The molecule has 3 atom stereocenters. The molecule has 0 heterocycles. The molecule has 3 aliphatic rings. The molecule has 0 spiro atoms. The van der Waals surface area contributed by atoms with E-state index in [9.17, 15) is 34.8 Å². The van der Waals surface area contributed by atoms with Crippen molar-refractivity contribution in [2.75, 3.05) is 6.54 Å². The molecular weight excluding hydrogens is 488 g/mol. The van der Waals surface area contributed by atoms with Crippen LogP contribution in [-0.4, -0.2) is 50.0 Å². The van der Waals surface area contributed by atoms with Gasteiger partial charge in [-0.25, -0.2) is 0 Å². The van der Waals surface area contributed by atoms with Crippen LogP contribution in [0, 0.1) is 24.2 Å². The maximum Gasteiger partial charge on any atom is 0.255 e. The number of phenolic OH excluding ortho intramolecular Hbond substituents is 1. The highest BCUT2D eigenvalue weighted by Gasteiger charge is 2.60. The van der Waals surface area contributed by atoms with E-state index in [4.69, 9.17) is 12.2 Å². The lowest BCUT2D eigenvalue weighted by atomic mass is 9.59. The zero-order chi connectivity index (χ0) is 27.4. The Morgan fingerprint density at radius 2 is 1.82 bits per heavy atom. The second kappa shape index (κ2) is 9.17. The summed E-state index contributed by atoms with van der Waals surface area (Å²) in [6.45, 7) is 1.04. The van der Waals surface area contributed by atoms with E-state index in [0.29, 0.717) is 18.7 Å². The van der Waals surface area contributed by atoms with Crippen molar-refractivity contribution >= 4 is 23.2 Å². The lowest BCUT2D eigenvalue weighted by Gasteiger charge is -2.46. The number of carbonyl (C=O) groups excluding carboxylic acids is 3. The van der Waals surface area contributed by atoms with E-state index in [1.54, 1.807) is 6.07 Å². The van der Waals surface area contributed by atoms with Crippen LogP contribution in [-0.2, 0) is 27.3 Å². The monoisotopic (exact) mass is 514 g/mol. The molecular formula is C29H26N2O7. The number of hydrogen-bond donors (Lipinski definition) is 6. The number of ketones is 2. The van der Waals surface area contributed by atoms with Crippen LogP contribution in [0.1, 0.15) is 29.5 Å². The highest BCUT2D eigenvalue weighted by Crippen LogP contribution is 2.53. The molecule has 0 aromatic heterocycles. The lowest BCUT2D eigenvalue weighted by Crippen LogP contribution is -2.58. The summed E-state index contributed by atoms with van der Waals surface area (Å²) in [7, 11) is 0. The largest absolute Gasteiger partial charge is 0.508 e. The van der Waals surface area contributed by atoms with Crippen molar-refractivity contribution in [3.63, 3.8) is 0 Å². The number of primary amides is 1. The van der Waals surface area contributed by atoms with Crippen molar-refractivity contribution < 1.29 is 34.8 Å². The Balaban J connectivity index is 1.59. The fourth-order valence-corrected chi connectivity index (χ4v) is 5.97. The van der Waals surface area contributed by atoms with Gasteiger partial charge in [-0.15, -0.1) is 6.42 Å². The lowest BCUT2D eigenvalue weighted by molar-refractivity contribution is -0.147. The summed E-state index contributed by atoms with van der Waals surface area (Å²) < 4.78 is 0. The zero-order valence-electron chi connectivity index (χ0n) is 20.3. The van der Waals surface area contributed by atoms with Gasteiger partial charge < -0.3 is 31.5 Å². The zero-order valence-corrected chi connectivity index (χ0v) is 20.3. The minimum Gasteiger partial charge on any atom is -0.508 e. The first-order chi connectivity index (χ1) is 18.1. The first-order valence-electron chi connectivity index (χ1n) is 12.1. The number of fused-ring (bicyclic) bond motifs is 3. The Bertz CT molecular complexity index is 1500. The number of aliphatic hydroxyl groups excluding tert-OH is 2. The molecule has 5 rings (SSSR count). The number of hydrogen-bond acceptors (Lipinski definition) is 8. The summed E-state index contributed by atoms with van der Waals surface area (Å²) in [6, 6.07) is 10.8.